The number of rotatable bonds is 5. The highest BCUT2D eigenvalue weighted by Gasteiger charge is 2.09. The van der Waals surface area contributed by atoms with Gasteiger partial charge in [-0.1, -0.05) is 24.3 Å². The molecule has 5 heteroatoms. The van der Waals surface area contributed by atoms with E-state index in [9.17, 15) is 9.18 Å². The number of carbonyl (C=O) groups is 1. The molecule has 2 rings (SSSR count). The van der Waals surface area contributed by atoms with Crippen LogP contribution in [0.2, 0.25) is 0 Å². The Bertz CT molecular complexity index is 613. The molecule has 2 aromatic carbocycles. The first kappa shape index (κ1) is 15.0. The van der Waals surface area contributed by atoms with Crippen molar-refractivity contribution in [2.24, 2.45) is 5.73 Å². The SMILES string of the molecule is CN(CC(=O)Nc1ccccc1F)c1ccc(CN)cc1. The summed E-state index contributed by atoms with van der Waals surface area (Å²) in [6.07, 6.45) is 0. The van der Waals surface area contributed by atoms with Gasteiger partial charge in [-0.05, 0) is 29.8 Å². The summed E-state index contributed by atoms with van der Waals surface area (Å²) >= 11 is 0. The van der Waals surface area contributed by atoms with Crippen molar-refractivity contribution in [1.29, 1.82) is 0 Å². The molecule has 2 aromatic rings. The molecule has 1 amide bonds. The average Bonchev–Trinajstić information content (AvgIpc) is 2.49. The predicted molar refractivity (Wildman–Crippen MR) is 82.6 cm³/mol. The zero-order valence-corrected chi connectivity index (χ0v) is 11.8. The Morgan fingerprint density at radius 2 is 1.86 bits per heavy atom. The number of nitrogens with two attached hydrogens (primary N) is 1. The van der Waals surface area contributed by atoms with Gasteiger partial charge in [-0.25, -0.2) is 4.39 Å². The molecule has 0 aliphatic carbocycles. The van der Waals surface area contributed by atoms with Crippen LogP contribution in [0.4, 0.5) is 15.8 Å². The lowest BCUT2D eigenvalue weighted by atomic mass is 10.2. The quantitative estimate of drug-likeness (QED) is 0.887. The molecule has 0 bridgehead atoms. The van der Waals surface area contributed by atoms with E-state index in [0.29, 0.717) is 6.54 Å². The molecule has 0 unspecified atom stereocenters. The average molecular weight is 287 g/mol. The molecular weight excluding hydrogens is 269 g/mol. The van der Waals surface area contributed by atoms with E-state index < -0.39 is 5.82 Å². The summed E-state index contributed by atoms with van der Waals surface area (Å²) in [6, 6.07) is 13.7. The van der Waals surface area contributed by atoms with E-state index in [0.717, 1.165) is 11.3 Å². The second kappa shape index (κ2) is 6.85. The van der Waals surface area contributed by atoms with Crippen LogP contribution in [0.15, 0.2) is 48.5 Å². The Labute approximate surface area is 123 Å². The maximum atomic E-state index is 13.5. The highest BCUT2D eigenvalue weighted by molar-refractivity contribution is 5.94. The van der Waals surface area contributed by atoms with Gasteiger partial charge in [0, 0.05) is 19.3 Å². The maximum Gasteiger partial charge on any atom is 0.243 e. The number of para-hydroxylation sites is 1. The van der Waals surface area contributed by atoms with Crippen LogP contribution in [-0.4, -0.2) is 19.5 Å². The maximum absolute atomic E-state index is 13.5. The summed E-state index contributed by atoms with van der Waals surface area (Å²) in [4.78, 5) is 13.7. The number of carbonyl (C=O) groups excluding carboxylic acids is 1. The van der Waals surface area contributed by atoms with Gasteiger partial charge in [-0.3, -0.25) is 4.79 Å². The summed E-state index contributed by atoms with van der Waals surface area (Å²) in [5.41, 5.74) is 7.66. The van der Waals surface area contributed by atoms with E-state index in [2.05, 4.69) is 5.32 Å². The number of benzene rings is 2. The van der Waals surface area contributed by atoms with Gasteiger partial charge in [0.25, 0.3) is 0 Å². The summed E-state index contributed by atoms with van der Waals surface area (Å²) in [7, 11) is 1.80. The second-order valence-corrected chi connectivity index (χ2v) is 4.75. The molecule has 3 N–H and O–H groups in total. The highest BCUT2D eigenvalue weighted by Crippen LogP contribution is 2.15. The molecule has 0 radical (unpaired) electrons. The summed E-state index contributed by atoms with van der Waals surface area (Å²) in [5, 5.41) is 2.56. The lowest BCUT2D eigenvalue weighted by Gasteiger charge is -2.19. The summed E-state index contributed by atoms with van der Waals surface area (Å²) in [6.45, 7) is 0.619. The minimum absolute atomic E-state index is 0.135. The van der Waals surface area contributed by atoms with Crippen LogP contribution in [0, 0.1) is 5.82 Å². The van der Waals surface area contributed by atoms with Crippen LogP contribution in [0.3, 0.4) is 0 Å². The van der Waals surface area contributed by atoms with Crippen molar-refractivity contribution < 1.29 is 9.18 Å². The third-order valence-corrected chi connectivity index (χ3v) is 3.14. The lowest BCUT2D eigenvalue weighted by molar-refractivity contribution is -0.114. The number of anilines is 2. The first-order valence-electron chi connectivity index (χ1n) is 6.64. The van der Waals surface area contributed by atoms with Crippen LogP contribution >= 0.6 is 0 Å². The minimum Gasteiger partial charge on any atom is -0.365 e. The molecule has 0 heterocycles. The molecule has 110 valence electrons. The Morgan fingerprint density at radius 3 is 2.48 bits per heavy atom. The van der Waals surface area contributed by atoms with E-state index in [4.69, 9.17) is 5.73 Å². The zero-order chi connectivity index (χ0) is 15.2. The third-order valence-electron chi connectivity index (χ3n) is 3.14. The highest BCUT2D eigenvalue weighted by atomic mass is 19.1. The Kier molecular flexibility index (Phi) is 4.90. The minimum atomic E-state index is -0.444. The number of halogens is 1. The van der Waals surface area contributed by atoms with Crippen molar-refractivity contribution in [2.45, 2.75) is 6.54 Å². The second-order valence-electron chi connectivity index (χ2n) is 4.75. The molecule has 0 saturated carbocycles. The molecule has 4 nitrogen and oxygen atoms in total. The number of amides is 1. The summed E-state index contributed by atoms with van der Waals surface area (Å²) < 4.78 is 13.5. The van der Waals surface area contributed by atoms with Crippen molar-refractivity contribution in [1.82, 2.24) is 0 Å². The Balaban J connectivity index is 1.97. The van der Waals surface area contributed by atoms with Gasteiger partial charge in [0.05, 0.1) is 12.2 Å². The van der Waals surface area contributed by atoms with Crippen molar-refractivity contribution in [3.8, 4) is 0 Å². The van der Waals surface area contributed by atoms with Crippen molar-refractivity contribution in [2.75, 3.05) is 23.8 Å². The van der Waals surface area contributed by atoms with Gasteiger partial charge in [0.15, 0.2) is 0 Å². The van der Waals surface area contributed by atoms with E-state index in [1.807, 2.05) is 24.3 Å². The molecule has 0 saturated heterocycles. The summed E-state index contributed by atoms with van der Waals surface area (Å²) in [5.74, 6) is -0.716. The lowest BCUT2D eigenvalue weighted by Crippen LogP contribution is -2.30. The predicted octanol–water partition coefficient (Wildman–Crippen LogP) is 2.36. The molecular formula is C16H18FN3O. The third kappa shape index (κ3) is 4.03. The van der Waals surface area contributed by atoms with Gasteiger partial charge < -0.3 is 16.0 Å². The monoisotopic (exact) mass is 287 g/mol. The topological polar surface area (TPSA) is 58.4 Å². The van der Waals surface area contributed by atoms with Crippen molar-refractivity contribution in [3.05, 3.63) is 59.9 Å². The van der Waals surface area contributed by atoms with Crippen LogP contribution in [-0.2, 0) is 11.3 Å². The molecule has 0 aromatic heterocycles. The number of nitrogens with one attached hydrogen (secondary N) is 1. The molecule has 0 aliphatic heterocycles. The van der Waals surface area contributed by atoms with Gasteiger partial charge in [0.2, 0.25) is 5.91 Å². The van der Waals surface area contributed by atoms with Gasteiger partial charge in [-0.2, -0.15) is 0 Å². The van der Waals surface area contributed by atoms with Gasteiger partial charge >= 0.3 is 0 Å². The zero-order valence-electron chi connectivity index (χ0n) is 11.8. The van der Waals surface area contributed by atoms with Crippen LogP contribution in [0.25, 0.3) is 0 Å². The van der Waals surface area contributed by atoms with Crippen LogP contribution < -0.4 is 16.0 Å². The van der Waals surface area contributed by atoms with Crippen LogP contribution in [0.5, 0.6) is 0 Å². The molecule has 0 fully saturated rings. The largest absolute Gasteiger partial charge is 0.365 e. The first-order valence-corrected chi connectivity index (χ1v) is 6.64. The van der Waals surface area contributed by atoms with Crippen molar-refractivity contribution >= 4 is 17.3 Å². The standard InChI is InChI=1S/C16H18FN3O/c1-20(13-8-6-12(10-18)7-9-13)11-16(21)19-15-5-3-2-4-14(15)17/h2-9H,10-11,18H2,1H3,(H,19,21). The number of likely N-dealkylation sites (N-methyl/N-ethyl adjacent to an activating group) is 1. The molecule has 0 aliphatic rings. The number of hydrogen-bond donors (Lipinski definition) is 2. The Hall–Kier alpha value is -2.40. The molecule has 0 spiro atoms. The smallest absolute Gasteiger partial charge is 0.243 e. The Morgan fingerprint density at radius 1 is 1.19 bits per heavy atom. The van der Waals surface area contributed by atoms with E-state index >= 15 is 0 Å². The van der Waals surface area contributed by atoms with E-state index in [-0.39, 0.29) is 18.1 Å². The number of nitrogens with zero attached hydrogens (tertiary/aromatic N) is 1. The van der Waals surface area contributed by atoms with Crippen LogP contribution in [0.1, 0.15) is 5.56 Å². The van der Waals surface area contributed by atoms with Gasteiger partial charge in [-0.15, -0.1) is 0 Å². The molecule has 21 heavy (non-hydrogen) atoms. The fourth-order valence-corrected chi connectivity index (χ4v) is 1.95. The first-order chi connectivity index (χ1) is 10.1. The van der Waals surface area contributed by atoms with E-state index in [1.165, 1.54) is 12.1 Å². The van der Waals surface area contributed by atoms with Crippen molar-refractivity contribution in [3.63, 3.8) is 0 Å². The normalized spacial score (nSPS) is 10.2. The van der Waals surface area contributed by atoms with E-state index in [1.54, 1.807) is 24.1 Å². The fraction of sp³-hybridized carbons (Fsp3) is 0.188. The fourth-order valence-electron chi connectivity index (χ4n) is 1.95. The van der Waals surface area contributed by atoms with Gasteiger partial charge in [0.1, 0.15) is 5.82 Å². The number of hydrogen-bond acceptors (Lipinski definition) is 3. The molecule has 0 atom stereocenters.